The van der Waals surface area contributed by atoms with Crippen molar-refractivity contribution in [2.75, 3.05) is 19.7 Å². The molecule has 0 bridgehead atoms. The lowest BCUT2D eigenvalue weighted by Crippen LogP contribution is -2.43. The van der Waals surface area contributed by atoms with Gasteiger partial charge in [0.1, 0.15) is 0 Å². The Bertz CT molecular complexity index is 128. The third-order valence-electron chi connectivity index (χ3n) is 2.48. The molecule has 0 aliphatic heterocycles. The molecule has 1 unspecified atom stereocenters. The van der Waals surface area contributed by atoms with Gasteiger partial charge in [0.05, 0.1) is 6.61 Å². The van der Waals surface area contributed by atoms with Gasteiger partial charge in [0.25, 0.3) is 0 Å². The van der Waals surface area contributed by atoms with Crippen molar-refractivity contribution in [1.29, 1.82) is 0 Å². The number of nitrogens with two attached hydrogens (primary N) is 1. The summed E-state index contributed by atoms with van der Waals surface area (Å²) in [5.74, 6) is 0. The van der Waals surface area contributed by atoms with Gasteiger partial charge in [-0.25, -0.2) is 0 Å². The first kappa shape index (κ1) is 13.9. The predicted molar refractivity (Wildman–Crippen MR) is 61.3 cm³/mol. The Morgan fingerprint density at radius 1 is 1.29 bits per heavy atom. The minimum atomic E-state index is -0.0981. The topological polar surface area (TPSA) is 49.5 Å². The molecule has 0 aromatic heterocycles. The maximum Gasteiger partial charge on any atom is 0.0595 e. The van der Waals surface area contributed by atoms with Gasteiger partial charge < -0.3 is 10.8 Å². The Labute approximate surface area is 88.3 Å². The van der Waals surface area contributed by atoms with Crippen LogP contribution in [0.25, 0.3) is 0 Å². The summed E-state index contributed by atoms with van der Waals surface area (Å²) in [4.78, 5) is 2.34. The van der Waals surface area contributed by atoms with Gasteiger partial charge in [-0.15, -0.1) is 0 Å². The highest BCUT2D eigenvalue weighted by molar-refractivity contribution is 4.70. The first-order chi connectivity index (χ1) is 6.61. The summed E-state index contributed by atoms with van der Waals surface area (Å²) < 4.78 is 0. The van der Waals surface area contributed by atoms with Crippen molar-refractivity contribution in [3.8, 4) is 0 Å². The van der Waals surface area contributed by atoms with E-state index in [9.17, 15) is 0 Å². The van der Waals surface area contributed by atoms with Crippen LogP contribution in [0.15, 0.2) is 0 Å². The SMILES string of the molecule is CCCCCN(CC(N)CO)C(C)C. The quantitative estimate of drug-likeness (QED) is 0.582. The van der Waals surface area contributed by atoms with Crippen LogP contribution in [-0.4, -0.2) is 41.8 Å². The van der Waals surface area contributed by atoms with E-state index in [0.29, 0.717) is 6.04 Å². The highest BCUT2D eigenvalue weighted by atomic mass is 16.3. The fourth-order valence-electron chi connectivity index (χ4n) is 1.48. The van der Waals surface area contributed by atoms with E-state index in [-0.39, 0.29) is 12.6 Å². The molecular formula is C11H26N2O. The first-order valence-corrected chi connectivity index (χ1v) is 5.72. The molecule has 3 nitrogen and oxygen atoms in total. The van der Waals surface area contributed by atoms with Crippen LogP contribution in [0.4, 0.5) is 0 Å². The van der Waals surface area contributed by atoms with Crippen molar-refractivity contribution in [1.82, 2.24) is 4.90 Å². The highest BCUT2D eigenvalue weighted by Crippen LogP contribution is 2.03. The lowest BCUT2D eigenvalue weighted by Gasteiger charge is -2.28. The molecule has 0 saturated heterocycles. The average molecular weight is 202 g/mol. The van der Waals surface area contributed by atoms with Crippen LogP contribution in [0.5, 0.6) is 0 Å². The van der Waals surface area contributed by atoms with Crippen LogP contribution in [0.3, 0.4) is 0 Å². The van der Waals surface area contributed by atoms with Crippen LogP contribution in [0, 0.1) is 0 Å². The molecule has 0 saturated carbocycles. The third-order valence-corrected chi connectivity index (χ3v) is 2.48. The number of nitrogens with zero attached hydrogens (tertiary/aromatic N) is 1. The van der Waals surface area contributed by atoms with E-state index in [2.05, 4.69) is 25.7 Å². The fraction of sp³-hybridized carbons (Fsp3) is 1.00. The molecule has 0 radical (unpaired) electrons. The molecule has 0 aliphatic rings. The van der Waals surface area contributed by atoms with Gasteiger partial charge >= 0.3 is 0 Å². The van der Waals surface area contributed by atoms with Crippen LogP contribution in [-0.2, 0) is 0 Å². The Morgan fingerprint density at radius 2 is 1.93 bits per heavy atom. The molecule has 0 heterocycles. The van der Waals surface area contributed by atoms with Crippen molar-refractivity contribution in [2.24, 2.45) is 5.73 Å². The Kier molecular flexibility index (Phi) is 8.14. The second kappa shape index (κ2) is 8.21. The summed E-state index contributed by atoms with van der Waals surface area (Å²) in [7, 11) is 0. The molecule has 0 amide bonds. The number of aliphatic hydroxyl groups is 1. The van der Waals surface area contributed by atoms with E-state index in [1.165, 1.54) is 19.3 Å². The van der Waals surface area contributed by atoms with E-state index in [1.54, 1.807) is 0 Å². The summed E-state index contributed by atoms with van der Waals surface area (Å²) in [6, 6.07) is 0.420. The molecule has 0 aromatic rings. The van der Waals surface area contributed by atoms with Crippen molar-refractivity contribution in [3.05, 3.63) is 0 Å². The minimum absolute atomic E-state index is 0.0804. The summed E-state index contributed by atoms with van der Waals surface area (Å²) in [6.07, 6.45) is 3.75. The van der Waals surface area contributed by atoms with Gasteiger partial charge in [-0.2, -0.15) is 0 Å². The lowest BCUT2D eigenvalue weighted by molar-refractivity contribution is 0.171. The molecule has 0 spiro atoms. The summed E-state index contributed by atoms with van der Waals surface area (Å²) >= 11 is 0. The lowest BCUT2D eigenvalue weighted by atomic mass is 10.2. The second-order valence-electron chi connectivity index (χ2n) is 4.24. The van der Waals surface area contributed by atoms with Crippen LogP contribution in [0.2, 0.25) is 0 Å². The molecule has 3 heteroatoms. The smallest absolute Gasteiger partial charge is 0.0595 e. The Morgan fingerprint density at radius 3 is 2.36 bits per heavy atom. The minimum Gasteiger partial charge on any atom is -0.395 e. The van der Waals surface area contributed by atoms with Crippen LogP contribution < -0.4 is 5.73 Å². The standard InChI is InChI=1S/C11H26N2O/c1-4-5-6-7-13(10(2)3)8-11(12)9-14/h10-11,14H,4-9,12H2,1-3H3. The molecule has 0 rings (SSSR count). The number of unbranched alkanes of at least 4 members (excludes halogenated alkanes) is 2. The van der Waals surface area contributed by atoms with E-state index in [4.69, 9.17) is 10.8 Å². The zero-order valence-electron chi connectivity index (χ0n) is 9.87. The molecule has 0 aromatic carbocycles. The van der Waals surface area contributed by atoms with Gasteiger partial charge in [-0.1, -0.05) is 19.8 Å². The molecule has 14 heavy (non-hydrogen) atoms. The molecule has 3 N–H and O–H groups in total. The molecular weight excluding hydrogens is 176 g/mol. The summed E-state index contributed by atoms with van der Waals surface area (Å²) in [5.41, 5.74) is 5.72. The number of aliphatic hydroxyl groups excluding tert-OH is 1. The van der Waals surface area contributed by atoms with Crippen molar-refractivity contribution < 1.29 is 5.11 Å². The van der Waals surface area contributed by atoms with Gasteiger partial charge in [-0.3, -0.25) is 4.90 Å². The van der Waals surface area contributed by atoms with E-state index < -0.39 is 0 Å². The fourth-order valence-corrected chi connectivity index (χ4v) is 1.48. The maximum atomic E-state index is 8.89. The zero-order valence-corrected chi connectivity index (χ0v) is 9.87. The normalized spacial score (nSPS) is 13.9. The monoisotopic (exact) mass is 202 g/mol. The predicted octanol–water partition coefficient (Wildman–Crippen LogP) is 1.21. The van der Waals surface area contributed by atoms with Gasteiger partial charge in [0, 0.05) is 18.6 Å². The average Bonchev–Trinajstić information content (AvgIpc) is 2.16. The molecule has 86 valence electrons. The van der Waals surface area contributed by atoms with Gasteiger partial charge in [0.2, 0.25) is 0 Å². The van der Waals surface area contributed by atoms with Crippen molar-refractivity contribution in [3.63, 3.8) is 0 Å². The van der Waals surface area contributed by atoms with Crippen molar-refractivity contribution in [2.45, 2.75) is 52.1 Å². The number of rotatable bonds is 8. The number of hydrogen-bond acceptors (Lipinski definition) is 3. The molecule has 0 fully saturated rings. The van der Waals surface area contributed by atoms with Gasteiger partial charge in [0.15, 0.2) is 0 Å². The van der Waals surface area contributed by atoms with Crippen LogP contribution >= 0.6 is 0 Å². The largest absolute Gasteiger partial charge is 0.395 e. The van der Waals surface area contributed by atoms with E-state index >= 15 is 0 Å². The summed E-state index contributed by atoms with van der Waals surface area (Å²) in [5, 5.41) is 8.89. The second-order valence-corrected chi connectivity index (χ2v) is 4.24. The van der Waals surface area contributed by atoms with Crippen molar-refractivity contribution >= 4 is 0 Å². The van der Waals surface area contributed by atoms with E-state index in [0.717, 1.165) is 13.1 Å². The maximum absolute atomic E-state index is 8.89. The summed E-state index contributed by atoms with van der Waals surface area (Å²) in [6.45, 7) is 8.54. The zero-order chi connectivity index (χ0) is 11.0. The first-order valence-electron chi connectivity index (χ1n) is 5.72. The Balaban J connectivity index is 3.77. The third kappa shape index (κ3) is 6.35. The Hall–Kier alpha value is -0.120. The molecule has 1 atom stereocenters. The molecule has 0 aliphatic carbocycles. The van der Waals surface area contributed by atoms with Gasteiger partial charge in [-0.05, 0) is 26.8 Å². The highest BCUT2D eigenvalue weighted by Gasteiger charge is 2.12. The van der Waals surface area contributed by atoms with E-state index in [1.807, 2.05) is 0 Å². The van der Waals surface area contributed by atoms with Crippen LogP contribution in [0.1, 0.15) is 40.0 Å². The number of hydrogen-bond donors (Lipinski definition) is 2.